The Kier molecular flexibility index (Phi) is 6.02. The lowest BCUT2D eigenvalue weighted by Crippen LogP contribution is -2.67. The van der Waals surface area contributed by atoms with Gasteiger partial charge in [-0.25, -0.2) is 0 Å². The summed E-state index contributed by atoms with van der Waals surface area (Å²) in [6.07, 6.45) is -0.0206. The Morgan fingerprint density at radius 2 is 1.42 bits per heavy atom. The van der Waals surface area contributed by atoms with Crippen molar-refractivity contribution >= 4 is 35.5 Å². The maximum Gasteiger partial charge on any atom is 0.261 e. The fraction of sp³-hybridized carbons (Fsp3) is 0.350. The molecule has 2 aromatic carbocycles. The van der Waals surface area contributed by atoms with Crippen LogP contribution in [0.3, 0.4) is 0 Å². The minimum absolute atomic E-state index is 0.0979. The number of carbonyl (C=O) groups excluding carboxylic acids is 1. The van der Waals surface area contributed by atoms with E-state index in [0.29, 0.717) is 0 Å². The van der Waals surface area contributed by atoms with Crippen LogP contribution in [0.1, 0.15) is 34.1 Å². The van der Waals surface area contributed by atoms with Crippen molar-refractivity contribution in [1.29, 1.82) is 0 Å². The predicted octanol–water partition coefficient (Wildman–Crippen LogP) is 4.11. The van der Waals surface area contributed by atoms with Crippen LogP contribution in [-0.2, 0) is 9.22 Å². The summed E-state index contributed by atoms with van der Waals surface area (Å²) >= 11 is 5.60. The molecule has 1 atom stereocenters. The molecule has 2 aromatic rings. The van der Waals surface area contributed by atoms with E-state index in [1.165, 1.54) is 10.4 Å². The van der Waals surface area contributed by atoms with Crippen molar-refractivity contribution in [2.75, 3.05) is 0 Å². The topological polar surface area (TPSA) is 26.3 Å². The van der Waals surface area contributed by atoms with Crippen LogP contribution in [0.15, 0.2) is 60.7 Å². The predicted molar refractivity (Wildman–Crippen MR) is 104 cm³/mol. The zero-order valence-corrected chi connectivity index (χ0v) is 16.5. The molecular weight excluding hydrogens is 336 g/mol. The fourth-order valence-corrected chi connectivity index (χ4v) is 8.18. The first kappa shape index (κ1) is 18.9. The number of benzene rings is 2. The minimum atomic E-state index is -2.59. The van der Waals surface area contributed by atoms with Gasteiger partial charge in [-0.15, -0.1) is 0 Å². The molecule has 24 heavy (non-hydrogen) atoms. The highest BCUT2D eigenvalue weighted by Gasteiger charge is 2.51. The van der Waals surface area contributed by atoms with E-state index in [1.807, 2.05) is 43.3 Å². The van der Waals surface area contributed by atoms with Crippen molar-refractivity contribution < 1.29 is 9.22 Å². The molecule has 0 aliphatic rings. The highest BCUT2D eigenvalue weighted by molar-refractivity contribution is 6.99. The first-order valence-corrected chi connectivity index (χ1v) is 10.5. The molecule has 0 aromatic heterocycles. The molecular formula is C20H25ClO2Si. The summed E-state index contributed by atoms with van der Waals surface area (Å²) in [6.45, 7) is 8.58. The first-order chi connectivity index (χ1) is 11.3. The Bertz CT molecular complexity index is 626. The second kappa shape index (κ2) is 7.64. The van der Waals surface area contributed by atoms with Gasteiger partial charge in [-0.1, -0.05) is 81.4 Å². The summed E-state index contributed by atoms with van der Waals surface area (Å²) < 4.78 is 6.72. The third-order valence-corrected chi connectivity index (χ3v) is 9.56. The molecule has 0 fully saturated rings. The van der Waals surface area contributed by atoms with E-state index in [2.05, 4.69) is 45.0 Å². The lowest BCUT2D eigenvalue weighted by molar-refractivity contribution is -0.113. The zero-order valence-electron chi connectivity index (χ0n) is 14.8. The molecule has 4 heteroatoms. The molecule has 0 heterocycles. The van der Waals surface area contributed by atoms with Gasteiger partial charge in [-0.2, -0.15) is 0 Å². The summed E-state index contributed by atoms with van der Waals surface area (Å²) in [5, 5.41) is 1.95. The summed E-state index contributed by atoms with van der Waals surface area (Å²) in [7, 11) is -2.59. The average molecular weight is 361 g/mol. The molecule has 0 bridgehead atoms. The molecule has 0 saturated heterocycles. The Morgan fingerprint density at radius 3 is 1.75 bits per heavy atom. The molecule has 0 spiro atoms. The van der Waals surface area contributed by atoms with Crippen molar-refractivity contribution in [1.82, 2.24) is 0 Å². The van der Waals surface area contributed by atoms with Crippen molar-refractivity contribution in [3.05, 3.63) is 60.7 Å². The lowest BCUT2D eigenvalue weighted by atomic mass is 10.2. The number of rotatable bonds is 6. The molecule has 0 saturated carbocycles. The van der Waals surface area contributed by atoms with Gasteiger partial charge in [0.05, 0.1) is 6.10 Å². The molecule has 0 unspecified atom stereocenters. The van der Waals surface area contributed by atoms with E-state index in [4.69, 9.17) is 16.0 Å². The Morgan fingerprint density at radius 1 is 1.00 bits per heavy atom. The lowest BCUT2D eigenvalue weighted by Gasteiger charge is -2.44. The van der Waals surface area contributed by atoms with E-state index in [-0.39, 0.29) is 22.8 Å². The fourth-order valence-electron chi connectivity index (χ4n) is 3.26. The van der Waals surface area contributed by atoms with Gasteiger partial charge >= 0.3 is 0 Å². The molecule has 0 amide bonds. The third-order valence-electron chi connectivity index (χ3n) is 4.24. The Hall–Kier alpha value is -1.42. The summed E-state index contributed by atoms with van der Waals surface area (Å²) in [6, 6.07) is 20.8. The molecule has 2 rings (SSSR count). The highest BCUT2D eigenvalue weighted by Crippen LogP contribution is 2.37. The number of hydrogen-bond acceptors (Lipinski definition) is 2. The van der Waals surface area contributed by atoms with Gasteiger partial charge in [0.15, 0.2) is 0 Å². The zero-order chi connectivity index (χ0) is 17.8. The number of hydrogen-bond donors (Lipinski definition) is 0. The monoisotopic (exact) mass is 360 g/mol. The summed E-state index contributed by atoms with van der Waals surface area (Å²) in [5.41, 5.74) is 0. The van der Waals surface area contributed by atoms with Gasteiger partial charge in [0, 0.05) is 6.42 Å². The average Bonchev–Trinajstić information content (AvgIpc) is 2.52. The van der Waals surface area contributed by atoms with Crippen LogP contribution >= 0.6 is 11.6 Å². The normalized spacial score (nSPS) is 13.5. The molecule has 128 valence electrons. The SMILES string of the molecule is C[C@@H](CC(=O)Cl)O[Si](c1ccccc1)(c1ccccc1)C(C)(C)C. The van der Waals surface area contributed by atoms with E-state index in [9.17, 15) is 4.79 Å². The van der Waals surface area contributed by atoms with Crippen LogP contribution in [0.2, 0.25) is 5.04 Å². The quantitative estimate of drug-likeness (QED) is 0.572. The van der Waals surface area contributed by atoms with Crippen LogP contribution in [-0.4, -0.2) is 19.7 Å². The highest BCUT2D eigenvalue weighted by atomic mass is 35.5. The first-order valence-electron chi connectivity index (χ1n) is 8.24. The van der Waals surface area contributed by atoms with Gasteiger partial charge in [-0.05, 0) is 33.9 Å². The van der Waals surface area contributed by atoms with Gasteiger partial charge < -0.3 is 4.43 Å². The minimum Gasteiger partial charge on any atom is -0.404 e. The van der Waals surface area contributed by atoms with Crippen LogP contribution in [0.25, 0.3) is 0 Å². The van der Waals surface area contributed by atoms with Crippen LogP contribution in [0, 0.1) is 0 Å². The molecule has 2 nitrogen and oxygen atoms in total. The van der Waals surface area contributed by atoms with E-state index in [1.54, 1.807) is 0 Å². The number of carbonyl (C=O) groups is 1. The molecule has 0 N–H and O–H groups in total. The molecule has 0 aliphatic heterocycles. The van der Waals surface area contributed by atoms with Crippen LogP contribution in [0.4, 0.5) is 0 Å². The van der Waals surface area contributed by atoms with E-state index < -0.39 is 8.32 Å². The standard InChI is InChI=1S/C20H25ClO2Si/c1-16(15-19(21)22)23-24(20(2,3)4,17-11-7-5-8-12-17)18-13-9-6-10-14-18/h5-14,16H,15H2,1-4H3/t16-/m0/s1. The van der Waals surface area contributed by atoms with Crippen molar-refractivity contribution in [3.63, 3.8) is 0 Å². The van der Waals surface area contributed by atoms with E-state index >= 15 is 0 Å². The van der Waals surface area contributed by atoms with Gasteiger partial charge in [-0.3, -0.25) is 4.79 Å². The van der Waals surface area contributed by atoms with Crippen molar-refractivity contribution in [2.24, 2.45) is 0 Å². The second-order valence-electron chi connectivity index (χ2n) is 7.15. The molecule has 0 aliphatic carbocycles. The third kappa shape index (κ3) is 3.97. The van der Waals surface area contributed by atoms with E-state index in [0.717, 1.165) is 0 Å². The van der Waals surface area contributed by atoms with Gasteiger partial charge in [0.25, 0.3) is 8.32 Å². The number of halogens is 1. The van der Waals surface area contributed by atoms with Crippen LogP contribution in [0.5, 0.6) is 0 Å². The van der Waals surface area contributed by atoms with Gasteiger partial charge in [0.2, 0.25) is 5.24 Å². The maximum absolute atomic E-state index is 11.4. The van der Waals surface area contributed by atoms with Crippen molar-refractivity contribution in [3.8, 4) is 0 Å². The second-order valence-corrected chi connectivity index (χ2v) is 11.8. The maximum atomic E-state index is 11.4. The Balaban J connectivity index is 2.64. The summed E-state index contributed by atoms with van der Waals surface area (Å²) in [5.74, 6) is 0. The smallest absolute Gasteiger partial charge is 0.261 e. The van der Waals surface area contributed by atoms with Crippen molar-refractivity contribution in [2.45, 2.75) is 45.3 Å². The van der Waals surface area contributed by atoms with Gasteiger partial charge in [0.1, 0.15) is 0 Å². The summed E-state index contributed by atoms with van der Waals surface area (Å²) in [4.78, 5) is 11.4. The largest absolute Gasteiger partial charge is 0.404 e. The Labute approximate surface area is 150 Å². The van der Waals surface area contributed by atoms with Crippen LogP contribution < -0.4 is 10.4 Å². The molecule has 0 radical (unpaired) electrons.